The second-order valence-corrected chi connectivity index (χ2v) is 4.85. The first-order valence-electron chi connectivity index (χ1n) is 6.62. The van der Waals surface area contributed by atoms with Crippen LogP contribution in [0.2, 0.25) is 0 Å². The molecule has 3 nitrogen and oxygen atoms in total. The van der Waals surface area contributed by atoms with Gasteiger partial charge in [-0.15, -0.1) is 0 Å². The van der Waals surface area contributed by atoms with Gasteiger partial charge in [-0.3, -0.25) is 4.79 Å². The molecule has 1 saturated heterocycles. The van der Waals surface area contributed by atoms with Crippen LogP contribution in [0.4, 0.5) is 5.69 Å². The lowest BCUT2D eigenvalue weighted by molar-refractivity contribution is 0.0988. The number of hydrogen-bond acceptors (Lipinski definition) is 3. The summed E-state index contributed by atoms with van der Waals surface area (Å²) in [4.78, 5) is 14.3. The Balaban J connectivity index is 2.16. The maximum Gasteiger partial charge on any atom is 0.164 e. The van der Waals surface area contributed by atoms with Gasteiger partial charge >= 0.3 is 0 Å². The van der Waals surface area contributed by atoms with E-state index >= 15 is 0 Å². The minimum Gasteiger partial charge on any atom is -0.384 e. The first-order valence-corrected chi connectivity index (χ1v) is 6.62. The Morgan fingerprint density at radius 3 is 2.94 bits per heavy atom. The zero-order chi connectivity index (χ0) is 13.0. The third-order valence-corrected chi connectivity index (χ3v) is 3.55. The van der Waals surface area contributed by atoms with Crippen LogP contribution in [0.1, 0.15) is 30.1 Å². The number of hydrogen-bond donors (Lipinski definition) is 0. The molecule has 0 spiro atoms. The third kappa shape index (κ3) is 2.72. The lowest BCUT2D eigenvalue weighted by atomic mass is 10.1. The van der Waals surface area contributed by atoms with Crippen LogP contribution in [0.25, 0.3) is 0 Å². The van der Waals surface area contributed by atoms with Crippen LogP contribution in [-0.2, 0) is 4.74 Å². The Kier molecular flexibility index (Phi) is 4.37. The van der Waals surface area contributed by atoms with Crippen LogP contribution in [0.5, 0.6) is 0 Å². The average Bonchev–Trinajstić information content (AvgIpc) is 2.87. The molecular weight excluding hydrogens is 226 g/mol. The zero-order valence-corrected chi connectivity index (χ0v) is 11.2. The maximum atomic E-state index is 11.9. The normalized spacial score (nSPS) is 19.2. The third-order valence-electron chi connectivity index (χ3n) is 3.55. The van der Waals surface area contributed by atoms with Gasteiger partial charge in [0, 0.05) is 43.8 Å². The molecule has 2 rings (SSSR count). The minimum atomic E-state index is 0.223. The van der Waals surface area contributed by atoms with E-state index in [0.717, 1.165) is 37.4 Å². The Labute approximate surface area is 109 Å². The molecule has 1 aromatic rings. The Hall–Kier alpha value is -1.35. The summed E-state index contributed by atoms with van der Waals surface area (Å²) >= 11 is 0. The second kappa shape index (κ2) is 6.01. The van der Waals surface area contributed by atoms with Crippen molar-refractivity contribution in [3.05, 3.63) is 29.8 Å². The van der Waals surface area contributed by atoms with E-state index in [1.807, 2.05) is 25.1 Å². The van der Waals surface area contributed by atoms with E-state index in [1.165, 1.54) is 0 Å². The smallest absolute Gasteiger partial charge is 0.164 e. The quantitative estimate of drug-likeness (QED) is 0.749. The fourth-order valence-electron chi connectivity index (χ4n) is 2.60. The van der Waals surface area contributed by atoms with Gasteiger partial charge < -0.3 is 9.64 Å². The molecule has 0 saturated carbocycles. The molecular formula is C15H21NO2. The summed E-state index contributed by atoms with van der Waals surface area (Å²) in [5, 5.41) is 0. The van der Waals surface area contributed by atoms with Gasteiger partial charge in [0.05, 0.1) is 6.61 Å². The van der Waals surface area contributed by atoms with Crippen LogP contribution in [0.15, 0.2) is 24.3 Å². The van der Waals surface area contributed by atoms with E-state index in [4.69, 9.17) is 4.74 Å². The number of benzene rings is 1. The zero-order valence-electron chi connectivity index (χ0n) is 11.2. The predicted molar refractivity (Wildman–Crippen MR) is 73.3 cm³/mol. The van der Waals surface area contributed by atoms with Gasteiger partial charge in [-0.05, 0) is 18.6 Å². The van der Waals surface area contributed by atoms with Crippen molar-refractivity contribution < 1.29 is 9.53 Å². The molecule has 0 aromatic heterocycles. The summed E-state index contributed by atoms with van der Waals surface area (Å²) in [5.41, 5.74) is 1.95. The topological polar surface area (TPSA) is 29.5 Å². The molecule has 18 heavy (non-hydrogen) atoms. The summed E-state index contributed by atoms with van der Waals surface area (Å²) in [6, 6.07) is 7.93. The highest BCUT2D eigenvalue weighted by Crippen LogP contribution is 2.27. The number of carbonyl (C=O) groups is 1. The van der Waals surface area contributed by atoms with Crippen LogP contribution in [0.3, 0.4) is 0 Å². The highest BCUT2D eigenvalue weighted by Gasteiger charge is 2.24. The van der Waals surface area contributed by atoms with E-state index in [9.17, 15) is 4.79 Å². The van der Waals surface area contributed by atoms with Crippen LogP contribution >= 0.6 is 0 Å². The molecule has 1 aliphatic rings. The summed E-state index contributed by atoms with van der Waals surface area (Å²) < 4.78 is 5.22. The first-order chi connectivity index (χ1) is 8.76. The molecule has 1 aliphatic heterocycles. The summed E-state index contributed by atoms with van der Waals surface area (Å²) in [7, 11) is 1.75. The molecule has 1 unspecified atom stereocenters. The number of methoxy groups -OCH3 is 1. The molecule has 0 N–H and O–H groups in total. The number of nitrogens with zero attached hydrogens (tertiary/aromatic N) is 1. The van der Waals surface area contributed by atoms with Crippen molar-refractivity contribution in [2.45, 2.75) is 19.8 Å². The summed E-state index contributed by atoms with van der Waals surface area (Å²) in [6.07, 6.45) is 1.70. The molecule has 1 aromatic carbocycles. The Morgan fingerprint density at radius 1 is 1.44 bits per heavy atom. The van der Waals surface area contributed by atoms with Crippen molar-refractivity contribution in [2.75, 3.05) is 31.7 Å². The highest BCUT2D eigenvalue weighted by atomic mass is 16.5. The summed E-state index contributed by atoms with van der Waals surface area (Å²) in [6.45, 7) is 4.72. The Bertz CT molecular complexity index is 417. The minimum absolute atomic E-state index is 0.223. The first kappa shape index (κ1) is 13.1. The lowest BCUT2D eigenvalue weighted by Crippen LogP contribution is -2.23. The van der Waals surface area contributed by atoms with Gasteiger partial charge in [-0.2, -0.15) is 0 Å². The van der Waals surface area contributed by atoms with Crippen LogP contribution in [0, 0.1) is 5.92 Å². The van der Waals surface area contributed by atoms with Crippen molar-refractivity contribution in [3.8, 4) is 0 Å². The summed E-state index contributed by atoms with van der Waals surface area (Å²) in [5.74, 6) is 0.806. The molecule has 1 heterocycles. The van der Waals surface area contributed by atoms with E-state index < -0.39 is 0 Å². The van der Waals surface area contributed by atoms with Gasteiger partial charge in [0.2, 0.25) is 0 Å². The lowest BCUT2D eigenvalue weighted by Gasteiger charge is -2.21. The number of rotatable bonds is 5. The van der Waals surface area contributed by atoms with Gasteiger partial charge in [0.15, 0.2) is 5.78 Å². The van der Waals surface area contributed by atoms with E-state index in [-0.39, 0.29) is 5.78 Å². The number of carbonyl (C=O) groups excluding carboxylic acids is 1. The van der Waals surface area contributed by atoms with E-state index in [2.05, 4.69) is 11.0 Å². The molecule has 3 heteroatoms. The predicted octanol–water partition coefficient (Wildman–Crippen LogP) is 2.75. The van der Waals surface area contributed by atoms with Crippen molar-refractivity contribution in [3.63, 3.8) is 0 Å². The molecule has 0 aliphatic carbocycles. The largest absolute Gasteiger partial charge is 0.384 e. The van der Waals surface area contributed by atoms with Crippen molar-refractivity contribution in [1.82, 2.24) is 0 Å². The molecule has 1 atom stereocenters. The number of para-hydroxylation sites is 1. The molecule has 0 amide bonds. The van der Waals surface area contributed by atoms with Crippen molar-refractivity contribution in [2.24, 2.45) is 5.92 Å². The molecule has 1 fully saturated rings. The average molecular weight is 247 g/mol. The SMILES string of the molecule is CCC(=O)c1ccccc1N1CCC(COC)C1. The van der Waals surface area contributed by atoms with Gasteiger partial charge in [0.1, 0.15) is 0 Å². The number of anilines is 1. The van der Waals surface area contributed by atoms with E-state index in [0.29, 0.717) is 12.3 Å². The van der Waals surface area contributed by atoms with E-state index in [1.54, 1.807) is 7.11 Å². The standard InChI is InChI=1S/C15H21NO2/c1-3-15(17)13-6-4-5-7-14(13)16-9-8-12(10-16)11-18-2/h4-7,12H,3,8-11H2,1-2H3. The van der Waals surface area contributed by atoms with Crippen molar-refractivity contribution >= 4 is 11.5 Å². The van der Waals surface area contributed by atoms with Gasteiger partial charge in [-0.1, -0.05) is 19.1 Å². The maximum absolute atomic E-state index is 11.9. The fourth-order valence-corrected chi connectivity index (χ4v) is 2.60. The highest BCUT2D eigenvalue weighted by molar-refractivity contribution is 6.01. The molecule has 98 valence electrons. The number of ketones is 1. The van der Waals surface area contributed by atoms with Crippen LogP contribution < -0.4 is 4.90 Å². The monoisotopic (exact) mass is 247 g/mol. The molecule has 0 bridgehead atoms. The fraction of sp³-hybridized carbons (Fsp3) is 0.533. The number of Topliss-reactive ketones (excluding diaryl/α,β-unsaturated/α-hetero) is 1. The van der Waals surface area contributed by atoms with Crippen LogP contribution in [-0.4, -0.2) is 32.6 Å². The Morgan fingerprint density at radius 2 is 2.22 bits per heavy atom. The van der Waals surface area contributed by atoms with Crippen molar-refractivity contribution in [1.29, 1.82) is 0 Å². The second-order valence-electron chi connectivity index (χ2n) is 4.85. The molecule has 0 radical (unpaired) electrons. The van der Waals surface area contributed by atoms with Gasteiger partial charge in [0.25, 0.3) is 0 Å². The number of ether oxygens (including phenoxy) is 1. The van der Waals surface area contributed by atoms with Gasteiger partial charge in [-0.25, -0.2) is 0 Å².